The maximum atomic E-state index is 6.09. The Labute approximate surface area is 129 Å². The average molecular weight is 295 g/mol. The third-order valence-electron chi connectivity index (χ3n) is 4.18. The Bertz CT molecular complexity index is 743. The first-order valence-electron chi connectivity index (χ1n) is 7.22. The van der Waals surface area contributed by atoms with Crippen LogP contribution in [-0.2, 0) is 6.42 Å². The molecule has 1 aliphatic heterocycles. The number of benzene rings is 2. The van der Waals surface area contributed by atoms with Gasteiger partial charge in [0.25, 0.3) is 0 Å². The lowest BCUT2D eigenvalue weighted by Gasteiger charge is -2.30. The van der Waals surface area contributed by atoms with E-state index in [-0.39, 0.29) is 0 Å². The molecule has 1 aliphatic carbocycles. The van der Waals surface area contributed by atoms with E-state index in [0.717, 1.165) is 29.4 Å². The molecule has 0 N–H and O–H groups in total. The molecule has 2 aromatic rings. The van der Waals surface area contributed by atoms with E-state index in [4.69, 9.17) is 16.3 Å². The molecule has 2 aromatic carbocycles. The zero-order valence-electron chi connectivity index (χ0n) is 11.6. The van der Waals surface area contributed by atoms with E-state index >= 15 is 0 Å². The summed E-state index contributed by atoms with van der Waals surface area (Å²) < 4.78 is 6.03. The minimum Gasteiger partial charge on any atom is -0.461 e. The molecule has 0 amide bonds. The fourth-order valence-corrected chi connectivity index (χ4v) is 3.30. The molecule has 0 aromatic heterocycles. The van der Waals surface area contributed by atoms with Crippen LogP contribution in [0.3, 0.4) is 0 Å². The lowest BCUT2D eigenvalue weighted by molar-refractivity contribution is 0.314. The first-order valence-corrected chi connectivity index (χ1v) is 7.60. The quantitative estimate of drug-likeness (QED) is 0.697. The van der Waals surface area contributed by atoms with Gasteiger partial charge in [0.2, 0.25) is 0 Å². The number of hydrogen-bond donors (Lipinski definition) is 0. The van der Waals surface area contributed by atoms with Crippen molar-refractivity contribution in [2.75, 3.05) is 0 Å². The predicted octanol–water partition coefficient (Wildman–Crippen LogP) is 5.26. The van der Waals surface area contributed by atoms with Gasteiger partial charge in [0, 0.05) is 10.9 Å². The smallest absolute Gasteiger partial charge is 0.130 e. The minimum atomic E-state index is 0.413. The van der Waals surface area contributed by atoms with Crippen molar-refractivity contribution in [3.05, 3.63) is 82.6 Å². The largest absolute Gasteiger partial charge is 0.461 e. The molecule has 0 fully saturated rings. The van der Waals surface area contributed by atoms with E-state index in [2.05, 4.69) is 42.5 Å². The molecule has 2 heteroatoms. The van der Waals surface area contributed by atoms with Crippen LogP contribution in [0.5, 0.6) is 5.75 Å². The van der Waals surface area contributed by atoms with Gasteiger partial charge >= 0.3 is 0 Å². The lowest BCUT2D eigenvalue weighted by atomic mass is 9.83. The molecule has 0 spiro atoms. The molecular weight excluding hydrogens is 280 g/mol. The molecule has 0 radical (unpaired) electrons. The van der Waals surface area contributed by atoms with Crippen molar-refractivity contribution < 1.29 is 4.74 Å². The summed E-state index contributed by atoms with van der Waals surface area (Å²) in [5.74, 6) is 2.43. The normalized spacial score (nSPS) is 19.8. The Hall–Kier alpha value is -1.99. The molecule has 0 saturated carbocycles. The van der Waals surface area contributed by atoms with Crippen LogP contribution in [0.15, 0.2) is 66.4 Å². The standard InChI is InChI=1S/C19H15ClO/c20-17-7-9-19-16(12-17)11-15-10-14(6-8-18(15)21-19)13-4-2-1-3-5-13/h1-9,12,15H,10-11H2. The van der Waals surface area contributed by atoms with Crippen molar-refractivity contribution in [3.8, 4) is 5.75 Å². The summed E-state index contributed by atoms with van der Waals surface area (Å²) in [7, 11) is 0. The van der Waals surface area contributed by atoms with Gasteiger partial charge < -0.3 is 4.74 Å². The molecule has 1 heterocycles. The Kier molecular flexibility index (Phi) is 3.08. The van der Waals surface area contributed by atoms with Gasteiger partial charge in [0.1, 0.15) is 11.5 Å². The SMILES string of the molecule is Clc1ccc2c(c1)CC1CC(c3ccccc3)=CC=C1O2. The van der Waals surface area contributed by atoms with Gasteiger partial charge in [-0.05, 0) is 53.8 Å². The second-order valence-electron chi connectivity index (χ2n) is 5.59. The molecule has 0 bridgehead atoms. The third-order valence-corrected chi connectivity index (χ3v) is 4.41. The molecule has 0 saturated heterocycles. The van der Waals surface area contributed by atoms with Gasteiger partial charge in [-0.1, -0.05) is 48.0 Å². The van der Waals surface area contributed by atoms with Crippen molar-refractivity contribution in [2.45, 2.75) is 12.8 Å². The minimum absolute atomic E-state index is 0.413. The number of rotatable bonds is 1. The fourth-order valence-electron chi connectivity index (χ4n) is 3.11. The Morgan fingerprint density at radius 2 is 1.81 bits per heavy atom. The van der Waals surface area contributed by atoms with Crippen LogP contribution in [0.2, 0.25) is 5.02 Å². The van der Waals surface area contributed by atoms with Gasteiger partial charge in [0.15, 0.2) is 0 Å². The van der Waals surface area contributed by atoms with Crippen molar-refractivity contribution >= 4 is 17.2 Å². The molecule has 104 valence electrons. The van der Waals surface area contributed by atoms with E-state index in [1.54, 1.807) is 0 Å². The molecule has 2 aliphatic rings. The van der Waals surface area contributed by atoms with E-state index in [1.165, 1.54) is 16.7 Å². The average Bonchev–Trinajstić information content (AvgIpc) is 2.53. The zero-order valence-corrected chi connectivity index (χ0v) is 12.3. The summed E-state index contributed by atoms with van der Waals surface area (Å²) in [6.45, 7) is 0. The second kappa shape index (κ2) is 5.09. The Balaban J connectivity index is 1.67. The van der Waals surface area contributed by atoms with Gasteiger partial charge in [-0.2, -0.15) is 0 Å². The van der Waals surface area contributed by atoms with Crippen LogP contribution in [0.25, 0.3) is 5.57 Å². The summed E-state index contributed by atoms with van der Waals surface area (Å²) in [4.78, 5) is 0. The first kappa shape index (κ1) is 12.7. The fraction of sp³-hybridized carbons (Fsp3) is 0.158. The number of ether oxygens (including phenoxy) is 1. The second-order valence-corrected chi connectivity index (χ2v) is 6.02. The summed E-state index contributed by atoms with van der Waals surface area (Å²) in [5.41, 5.74) is 3.88. The number of halogens is 1. The van der Waals surface area contributed by atoms with Crippen LogP contribution in [0, 0.1) is 5.92 Å². The van der Waals surface area contributed by atoms with Gasteiger partial charge in [-0.3, -0.25) is 0 Å². The maximum Gasteiger partial charge on any atom is 0.130 e. The van der Waals surface area contributed by atoms with Crippen molar-refractivity contribution in [3.63, 3.8) is 0 Å². The molecule has 1 atom stereocenters. The highest BCUT2D eigenvalue weighted by Crippen LogP contribution is 2.40. The summed E-state index contributed by atoms with van der Waals surface area (Å²) >= 11 is 6.09. The monoisotopic (exact) mass is 294 g/mol. The van der Waals surface area contributed by atoms with Crippen molar-refractivity contribution in [1.29, 1.82) is 0 Å². The molecule has 1 nitrogen and oxygen atoms in total. The molecule has 21 heavy (non-hydrogen) atoms. The zero-order chi connectivity index (χ0) is 14.2. The van der Waals surface area contributed by atoms with Gasteiger partial charge in [0.05, 0.1) is 0 Å². The number of hydrogen-bond acceptors (Lipinski definition) is 1. The Morgan fingerprint density at radius 1 is 0.952 bits per heavy atom. The predicted molar refractivity (Wildman–Crippen MR) is 86.4 cm³/mol. The summed E-state index contributed by atoms with van der Waals surface area (Å²) in [6.07, 6.45) is 6.31. The van der Waals surface area contributed by atoms with Gasteiger partial charge in [-0.15, -0.1) is 0 Å². The number of allylic oxidation sites excluding steroid dienone is 4. The van der Waals surface area contributed by atoms with Crippen LogP contribution in [-0.4, -0.2) is 0 Å². The first-order chi connectivity index (χ1) is 10.3. The van der Waals surface area contributed by atoms with E-state index in [9.17, 15) is 0 Å². The van der Waals surface area contributed by atoms with E-state index < -0.39 is 0 Å². The van der Waals surface area contributed by atoms with Crippen LogP contribution < -0.4 is 4.74 Å². The molecular formula is C19H15ClO. The van der Waals surface area contributed by atoms with Crippen molar-refractivity contribution in [2.24, 2.45) is 5.92 Å². The van der Waals surface area contributed by atoms with E-state index in [0.29, 0.717) is 5.92 Å². The topological polar surface area (TPSA) is 9.23 Å². The van der Waals surface area contributed by atoms with Crippen molar-refractivity contribution in [1.82, 2.24) is 0 Å². The molecule has 4 rings (SSSR count). The Morgan fingerprint density at radius 3 is 2.67 bits per heavy atom. The molecule has 1 unspecified atom stereocenters. The lowest BCUT2D eigenvalue weighted by Crippen LogP contribution is -2.21. The summed E-state index contributed by atoms with van der Waals surface area (Å²) in [6, 6.07) is 16.4. The third kappa shape index (κ3) is 2.38. The highest BCUT2D eigenvalue weighted by atomic mass is 35.5. The maximum absolute atomic E-state index is 6.09. The number of fused-ring (bicyclic) bond motifs is 2. The van der Waals surface area contributed by atoms with Crippen LogP contribution >= 0.6 is 11.6 Å². The summed E-state index contributed by atoms with van der Waals surface area (Å²) in [5, 5.41) is 0.777. The van der Waals surface area contributed by atoms with Crippen LogP contribution in [0.1, 0.15) is 17.5 Å². The highest BCUT2D eigenvalue weighted by molar-refractivity contribution is 6.30. The van der Waals surface area contributed by atoms with Crippen LogP contribution in [0.4, 0.5) is 0 Å². The van der Waals surface area contributed by atoms with Gasteiger partial charge in [-0.25, -0.2) is 0 Å². The highest BCUT2D eigenvalue weighted by Gasteiger charge is 2.28. The van der Waals surface area contributed by atoms with E-state index in [1.807, 2.05) is 18.2 Å².